The lowest BCUT2D eigenvalue weighted by atomic mass is 9.76. The number of nitrogens with zero attached hydrogens (tertiary/aromatic N) is 3. The molecule has 0 radical (unpaired) electrons. The van der Waals surface area contributed by atoms with Crippen LogP contribution in [0.3, 0.4) is 0 Å². The van der Waals surface area contributed by atoms with Crippen molar-refractivity contribution in [3.8, 4) is 17.2 Å². The Morgan fingerprint density at radius 3 is 2.36 bits per heavy atom. The molecule has 0 bridgehead atoms. The summed E-state index contributed by atoms with van der Waals surface area (Å²) in [6.07, 6.45) is 1.63. The second-order valence-electron chi connectivity index (χ2n) is 7.69. The SMILES string of the molecule is COc1ccc(C(=O)NCCn2cc(C(=O)NC(Cc3ccccc3)B(O)O)nn2)c(OC)c1OC. The molecule has 0 spiro atoms. The standard InChI is InChI=1S/C23H28BN5O7/c1-34-18-10-9-16(20(35-2)21(18)36-3)22(30)25-11-12-29-14-17(27-28-29)23(31)26-19(24(32)33)13-15-7-5-4-6-8-15/h4-10,14,19,32-33H,11-13H2,1-3H3,(H,25,30)(H,26,31). The molecule has 0 aliphatic heterocycles. The highest BCUT2D eigenvalue weighted by Crippen LogP contribution is 2.39. The quantitative estimate of drug-likeness (QED) is 0.255. The van der Waals surface area contributed by atoms with Gasteiger partial charge < -0.3 is 34.9 Å². The number of methoxy groups -OCH3 is 3. The zero-order chi connectivity index (χ0) is 26.1. The van der Waals surface area contributed by atoms with E-state index in [0.717, 1.165) is 5.56 Å². The van der Waals surface area contributed by atoms with Gasteiger partial charge in [0.05, 0.1) is 45.6 Å². The molecular formula is C23H28BN5O7. The van der Waals surface area contributed by atoms with Crippen molar-refractivity contribution in [1.29, 1.82) is 0 Å². The van der Waals surface area contributed by atoms with Gasteiger partial charge in [0, 0.05) is 6.54 Å². The van der Waals surface area contributed by atoms with E-state index in [4.69, 9.17) is 14.2 Å². The Kier molecular flexibility index (Phi) is 9.25. The molecule has 1 heterocycles. The summed E-state index contributed by atoms with van der Waals surface area (Å²) in [5.74, 6) is -0.954. The highest BCUT2D eigenvalue weighted by molar-refractivity contribution is 6.43. The first-order valence-corrected chi connectivity index (χ1v) is 11.1. The third-order valence-electron chi connectivity index (χ3n) is 5.32. The number of rotatable bonds is 12. The van der Waals surface area contributed by atoms with Crippen LogP contribution in [0.15, 0.2) is 48.7 Å². The number of carbonyl (C=O) groups excluding carboxylic acids is 2. The molecule has 2 amide bonds. The summed E-state index contributed by atoms with van der Waals surface area (Å²) >= 11 is 0. The van der Waals surface area contributed by atoms with Gasteiger partial charge in [0.15, 0.2) is 17.2 Å². The van der Waals surface area contributed by atoms with Crippen molar-refractivity contribution in [2.45, 2.75) is 18.9 Å². The van der Waals surface area contributed by atoms with Crippen LogP contribution in [0.2, 0.25) is 0 Å². The molecule has 36 heavy (non-hydrogen) atoms. The summed E-state index contributed by atoms with van der Waals surface area (Å²) in [4.78, 5) is 25.2. The van der Waals surface area contributed by atoms with Crippen LogP contribution < -0.4 is 24.8 Å². The average molecular weight is 497 g/mol. The molecule has 1 aromatic heterocycles. The minimum absolute atomic E-state index is 0.00148. The largest absolute Gasteiger partial charge is 0.493 e. The molecule has 1 atom stereocenters. The van der Waals surface area contributed by atoms with Crippen LogP contribution in [0.4, 0.5) is 0 Å². The van der Waals surface area contributed by atoms with Crippen LogP contribution in [0.5, 0.6) is 17.2 Å². The summed E-state index contributed by atoms with van der Waals surface area (Å²) in [7, 11) is 2.61. The Balaban J connectivity index is 1.57. The number of nitrogens with one attached hydrogen (secondary N) is 2. The number of ether oxygens (including phenoxy) is 3. The van der Waals surface area contributed by atoms with Gasteiger partial charge in [-0.2, -0.15) is 0 Å². The maximum Gasteiger partial charge on any atom is 0.475 e. The number of hydrogen-bond acceptors (Lipinski definition) is 9. The van der Waals surface area contributed by atoms with E-state index in [-0.39, 0.29) is 36.5 Å². The molecular weight excluding hydrogens is 469 g/mol. The Hall–Kier alpha value is -4.10. The summed E-state index contributed by atoms with van der Waals surface area (Å²) in [5.41, 5.74) is 1.10. The first-order chi connectivity index (χ1) is 17.4. The molecule has 0 saturated carbocycles. The van der Waals surface area contributed by atoms with E-state index in [1.54, 1.807) is 12.1 Å². The molecule has 0 saturated heterocycles. The van der Waals surface area contributed by atoms with Gasteiger partial charge in [0.1, 0.15) is 0 Å². The fourth-order valence-electron chi connectivity index (χ4n) is 3.51. The van der Waals surface area contributed by atoms with Crippen LogP contribution in [0, 0.1) is 0 Å². The van der Waals surface area contributed by atoms with Gasteiger partial charge in [-0.15, -0.1) is 5.10 Å². The molecule has 3 rings (SSSR count). The maximum atomic E-state index is 12.7. The van der Waals surface area contributed by atoms with Crippen LogP contribution in [-0.4, -0.2) is 77.8 Å². The van der Waals surface area contributed by atoms with Crippen molar-refractivity contribution in [3.63, 3.8) is 0 Å². The molecule has 190 valence electrons. The van der Waals surface area contributed by atoms with Gasteiger partial charge in [-0.3, -0.25) is 9.59 Å². The summed E-state index contributed by atoms with van der Waals surface area (Å²) in [6, 6.07) is 12.3. The molecule has 0 fully saturated rings. The smallest absolute Gasteiger partial charge is 0.475 e. The fourth-order valence-corrected chi connectivity index (χ4v) is 3.51. The number of amides is 2. The molecule has 4 N–H and O–H groups in total. The number of carbonyl (C=O) groups is 2. The zero-order valence-electron chi connectivity index (χ0n) is 20.2. The van der Waals surface area contributed by atoms with Gasteiger partial charge in [-0.1, -0.05) is 35.5 Å². The Morgan fingerprint density at radius 1 is 1.00 bits per heavy atom. The average Bonchev–Trinajstić information content (AvgIpc) is 3.36. The van der Waals surface area contributed by atoms with Crippen LogP contribution in [-0.2, 0) is 13.0 Å². The van der Waals surface area contributed by atoms with E-state index >= 15 is 0 Å². The van der Waals surface area contributed by atoms with Crippen molar-refractivity contribution in [2.75, 3.05) is 27.9 Å². The second-order valence-corrected chi connectivity index (χ2v) is 7.69. The van der Waals surface area contributed by atoms with Crippen LogP contribution >= 0.6 is 0 Å². The molecule has 0 aliphatic carbocycles. The monoisotopic (exact) mass is 497 g/mol. The van der Waals surface area contributed by atoms with Gasteiger partial charge in [0.25, 0.3) is 11.8 Å². The predicted octanol–water partition coefficient (Wildman–Crippen LogP) is 0.0870. The molecule has 12 nitrogen and oxygen atoms in total. The summed E-state index contributed by atoms with van der Waals surface area (Å²) in [6.45, 7) is 0.421. The maximum absolute atomic E-state index is 12.7. The third kappa shape index (κ3) is 6.52. The minimum atomic E-state index is -1.76. The molecule has 2 aromatic carbocycles. The van der Waals surface area contributed by atoms with E-state index in [1.165, 1.54) is 32.2 Å². The van der Waals surface area contributed by atoms with Gasteiger partial charge >= 0.3 is 7.12 Å². The van der Waals surface area contributed by atoms with Crippen molar-refractivity contribution >= 4 is 18.9 Å². The number of hydrogen-bond donors (Lipinski definition) is 4. The first-order valence-electron chi connectivity index (χ1n) is 11.1. The molecule has 0 aliphatic rings. The lowest BCUT2D eigenvalue weighted by molar-refractivity contribution is 0.0932. The van der Waals surface area contributed by atoms with E-state index < -0.39 is 24.9 Å². The van der Waals surface area contributed by atoms with E-state index in [2.05, 4.69) is 20.9 Å². The molecule has 3 aromatic rings. The second kappa shape index (κ2) is 12.6. The molecule has 13 heteroatoms. The number of benzene rings is 2. The van der Waals surface area contributed by atoms with Crippen LogP contribution in [0.1, 0.15) is 26.4 Å². The van der Waals surface area contributed by atoms with Crippen molar-refractivity contribution in [1.82, 2.24) is 25.6 Å². The Labute approximate surface area is 208 Å². The normalized spacial score (nSPS) is 11.4. The highest BCUT2D eigenvalue weighted by atomic mass is 16.5. The van der Waals surface area contributed by atoms with Gasteiger partial charge in [-0.25, -0.2) is 4.68 Å². The summed E-state index contributed by atoms with van der Waals surface area (Å²) in [5, 5.41) is 32.4. The minimum Gasteiger partial charge on any atom is -0.493 e. The number of aromatic nitrogens is 3. The highest BCUT2D eigenvalue weighted by Gasteiger charge is 2.27. The van der Waals surface area contributed by atoms with E-state index in [1.807, 2.05) is 30.3 Å². The zero-order valence-corrected chi connectivity index (χ0v) is 20.2. The van der Waals surface area contributed by atoms with E-state index in [0.29, 0.717) is 11.5 Å². The third-order valence-corrected chi connectivity index (χ3v) is 5.32. The van der Waals surface area contributed by atoms with E-state index in [9.17, 15) is 19.6 Å². The lowest BCUT2D eigenvalue weighted by Crippen LogP contribution is -2.48. The Bertz CT molecular complexity index is 1170. The van der Waals surface area contributed by atoms with Crippen molar-refractivity contribution < 1.29 is 33.8 Å². The Morgan fingerprint density at radius 2 is 1.72 bits per heavy atom. The van der Waals surface area contributed by atoms with Gasteiger partial charge in [-0.05, 0) is 24.1 Å². The van der Waals surface area contributed by atoms with Crippen molar-refractivity contribution in [2.24, 2.45) is 0 Å². The topological polar surface area (TPSA) is 157 Å². The first kappa shape index (κ1) is 26.5. The lowest BCUT2D eigenvalue weighted by Gasteiger charge is -2.17. The predicted molar refractivity (Wildman–Crippen MR) is 130 cm³/mol. The van der Waals surface area contributed by atoms with Gasteiger partial charge in [0.2, 0.25) is 5.75 Å². The van der Waals surface area contributed by atoms with Crippen molar-refractivity contribution in [3.05, 3.63) is 65.5 Å². The van der Waals surface area contributed by atoms with Crippen LogP contribution in [0.25, 0.3) is 0 Å². The summed E-state index contributed by atoms with van der Waals surface area (Å²) < 4.78 is 17.3. The molecule has 1 unspecified atom stereocenters. The fraction of sp³-hybridized carbons (Fsp3) is 0.304.